The van der Waals surface area contributed by atoms with Gasteiger partial charge in [0.25, 0.3) is 0 Å². The number of sulfonamides is 1. The molecule has 1 N–H and O–H groups in total. The van der Waals surface area contributed by atoms with Gasteiger partial charge in [-0.05, 0) is 31.2 Å². The van der Waals surface area contributed by atoms with Crippen LogP contribution in [0.15, 0.2) is 24.3 Å². The van der Waals surface area contributed by atoms with E-state index in [9.17, 15) is 13.2 Å². The van der Waals surface area contributed by atoms with E-state index >= 15 is 0 Å². The molecule has 0 aliphatic rings. The van der Waals surface area contributed by atoms with Crippen LogP contribution in [-0.4, -0.2) is 27.1 Å². The molecule has 17 heavy (non-hydrogen) atoms. The first-order valence-electron chi connectivity index (χ1n) is 5.19. The summed E-state index contributed by atoms with van der Waals surface area (Å²) in [6, 6.07) is 6.67. The van der Waals surface area contributed by atoms with Crippen LogP contribution >= 0.6 is 0 Å². The molecule has 0 saturated heterocycles. The molecule has 0 radical (unpaired) electrons. The van der Waals surface area contributed by atoms with Crippen LogP contribution in [0.3, 0.4) is 0 Å². The zero-order chi connectivity index (χ0) is 13.1. The van der Waals surface area contributed by atoms with Gasteiger partial charge in [0.15, 0.2) is 0 Å². The summed E-state index contributed by atoms with van der Waals surface area (Å²) < 4.78 is 24.4. The zero-order valence-electron chi connectivity index (χ0n) is 10.1. The van der Waals surface area contributed by atoms with Gasteiger partial charge in [0.05, 0.1) is 6.26 Å². The first-order chi connectivity index (χ1) is 7.83. The van der Waals surface area contributed by atoms with Crippen LogP contribution in [-0.2, 0) is 14.8 Å². The highest BCUT2D eigenvalue weighted by Crippen LogP contribution is 2.18. The molecule has 0 bridgehead atoms. The van der Waals surface area contributed by atoms with E-state index in [1.54, 1.807) is 29.2 Å². The topological polar surface area (TPSA) is 66.5 Å². The summed E-state index contributed by atoms with van der Waals surface area (Å²) in [5.74, 6) is -0.0451. The maximum atomic E-state index is 11.3. The normalized spacial score (nSPS) is 11.0. The average Bonchev–Trinajstić information content (AvgIpc) is 2.18. The third-order valence-corrected chi connectivity index (χ3v) is 2.79. The number of carbonyl (C=O) groups excluding carboxylic acids is 1. The predicted molar refractivity (Wildman–Crippen MR) is 68.6 cm³/mol. The fraction of sp³-hybridized carbons (Fsp3) is 0.364. The molecule has 0 spiro atoms. The summed E-state index contributed by atoms with van der Waals surface area (Å²) in [5.41, 5.74) is 1.23. The number of carbonyl (C=O) groups is 1. The highest BCUT2D eigenvalue weighted by Gasteiger charge is 2.09. The molecule has 0 heterocycles. The molecule has 0 unspecified atom stereocenters. The van der Waals surface area contributed by atoms with Crippen molar-refractivity contribution in [1.82, 2.24) is 0 Å². The molecule has 94 valence electrons. The van der Waals surface area contributed by atoms with Crippen molar-refractivity contribution in [3.63, 3.8) is 0 Å². The Bertz CT molecular complexity index is 494. The van der Waals surface area contributed by atoms with E-state index in [0.717, 1.165) is 11.9 Å². The van der Waals surface area contributed by atoms with E-state index in [2.05, 4.69) is 4.72 Å². The molecule has 0 aromatic heterocycles. The van der Waals surface area contributed by atoms with Crippen molar-refractivity contribution >= 4 is 27.3 Å². The number of nitrogens with one attached hydrogen (secondary N) is 1. The van der Waals surface area contributed by atoms with Gasteiger partial charge in [0, 0.05) is 24.8 Å². The lowest BCUT2D eigenvalue weighted by atomic mass is 10.2. The summed E-state index contributed by atoms with van der Waals surface area (Å²) in [7, 11) is -3.26. The zero-order valence-corrected chi connectivity index (χ0v) is 10.9. The number of benzene rings is 1. The summed E-state index contributed by atoms with van der Waals surface area (Å²) in [6.07, 6.45) is 1.09. The van der Waals surface area contributed by atoms with Crippen molar-refractivity contribution in [2.75, 3.05) is 22.4 Å². The van der Waals surface area contributed by atoms with Crippen LogP contribution in [0, 0.1) is 0 Å². The maximum Gasteiger partial charge on any atom is 0.229 e. The molecule has 0 atom stereocenters. The number of nitrogens with zero attached hydrogens (tertiary/aromatic N) is 1. The molecular weight excluding hydrogens is 240 g/mol. The van der Waals surface area contributed by atoms with E-state index < -0.39 is 10.0 Å². The smallest absolute Gasteiger partial charge is 0.229 e. The third-order valence-electron chi connectivity index (χ3n) is 2.18. The molecule has 0 fully saturated rings. The second kappa shape index (κ2) is 5.18. The van der Waals surface area contributed by atoms with Gasteiger partial charge in [-0.1, -0.05) is 0 Å². The number of hydrogen-bond acceptors (Lipinski definition) is 3. The van der Waals surface area contributed by atoms with Gasteiger partial charge in [0.2, 0.25) is 15.9 Å². The molecular formula is C11H16N2O3S. The Kier molecular flexibility index (Phi) is 4.11. The Labute approximate surface area is 101 Å². The van der Waals surface area contributed by atoms with Crippen LogP contribution < -0.4 is 9.62 Å². The van der Waals surface area contributed by atoms with Crippen LogP contribution in [0.25, 0.3) is 0 Å². The van der Waals surface area contributed by atoms with Crippen molar-refractivity contribution in [3.05, 3.63) is 24.3 Å². The van der Waals surface area contributed by atoms with Crippen molar-refractivity contribution in [2.45, 2.75) is 13.8 Å². The Balaban J connectivity index is 2.91. The van der Waals surface area contributed by atoms with Crippen molar-refractivity contribution in [3.8, 4) is 0 Å². The number of anilines is 2. The van der Waals surface area contributed by atoms with E-state index in [1.807, 2.05) is 6.92 Å². The minimum Gasteiger partial charge on any atom is -0.313 e. The molecule has 1 aromatic carbocycles. The molecule has 1 amide bonds. The Morgan fingerprint density at radius 1 is 1.29 bits per heavy atom. The Morgan fingerprint density at radius 3 is 2.18 bits per heavy atom. The Morgan fingerprint density at radius 2 is 1.82 bits per heavy atom. The molecule has 0 aliphatic carbocycles. The molecule has 1 rings (SSSR count). The number of hydrogen-bond donors (Lipinski definition) is 1. The van der Waals surface area contributed by atoms with Crippen molar-refractivity contribution in [1.29, 1.82) is 0 Å². The van der Waals surface area contributed by atoms with Gasteiger partial charge < -0.3 is 4.90 Å². The van der Waals surface area contributed by atoms with Crippen molar-refractivity contribution < 1.29 is 13.2 Å². The maximum absolute atomic E-state index is 11.3. The van der Waals surface area contributed by atoms with Gasteiger partial charge in [-0.15, -0.1) is 0 Å². The van der Waals surface area contributed by atoms with Gasteiger partial charge >= 0.3 is 0 Å². The van der Waals surface area contributed by atoms with Crippen LogP contribution in [0.4, 0.5) is 11.4 Å². The van der Waals surface area contributed by atoms with Gasteiger partial charge in [-0.2, -0.15) is 0 Å². The second-order valence-corrected chi connectivity index (χ2v) is 5.43. The first kappa shape index (κ1) is 13.5. The number of rotatable bonds is 4. The monoisotopic (exact) mass is 256 g/mol. The standard InChI is InChI=1S/C11H16N2O3S/c1-4-13(9(2)14)11-7-5-10(6-8-11)12-17(3,15)16/h5-8,12H,4H2,1-3H3. The SMILES string of the molecule is CCN(C(C)=O)c1ccc(NS(C)(=O)=O)cc1. The van der Waals surface area contributed by atoms with Gasteiger partial charge in [-0.25, -0.2) is 8.42 Å². The molecule has 6 heteroatoms. The molecule has 0 aliphatic heterocycles. The van der Waals surface area contributed by atoms with Gasteiger partial charge in [0.1, 0.15) is 0 Å². The van der Waals surface area contributed by atoms with Crippen molar-refractivity contribution in [2.24, 2.45) is 0 Å². The summed E-state index contributed by atoms with van der Waals surface area (Å²) in [4.78, 5) is 12.9. The summed E-state index contributed by atoms with van der Waals surface area (Å²) in [5, 5.41) is 0. The average molecular weight is 256 g/mol. The van der Waals surface area contributed by atoms with Crippen LogP contribution in [0.5, 0.6) is 0 Å². The Hall–Kier alpha value is -1.56. The van der Waals surface area contributed by atoms with E-state index in [1.165, 1.54) is 6.92 Å². The lowest BCUT2D eigenvalue weighted by Crippen LogP contribution is -2.27. The summed E-state index contributed by atoms with van der Waals surface area (Å²) in [6.45, 7) is 3.95. The molecule has 0 saturated carbocycles. The fourth-order valence-corrected chi connectivity index (χ4v) is 2.07. The number of amides is 1. The minimum absolute atomic E-state index is 0.0451. The predicted octanol–water partition coefficient (Wildman–Crippen LogP) is 1.43. The highest BCUT2D eigenvalue weighted by molar-refractivity contribution is 7.92. The summed E-state index contributed by atoms with van der Waals surface area (Å²) >= 11 is 0. The highest BCUT2D eigenvalue weighted by atomic mass is 32.2. The van der Waals surface area contributed by atoms with Gasteiger partial charge in [-0.3, -0.25) is 9.52 Å². The van der Waals surface area contributed by atoms with Crippen LogP contribution in [0.1, 0.15) is 13.8 Å². The lowest BCUT2D eigenvalue weighted by molar-refractivity contribution is -0.116. The third kappa shape index (κ3) is 4.07. The minimum atomic E-state index is -3.26. The lowest BCUT2D eigenvalue weighted by Gasteiger charge is -2.19. The van der Waals surface area contributed by atoms with E-state index in [0.29, 0.717) is 12.2 Å². The fourth-order valence-electron chi connectivity index (χ4n) is 1.51. The van der Waals surface area contributed by atoms with Crippen LogP contribution in [0.2, 0.25) is 0 Å². The van der Waals surface area contributed by atoms with E-state index in [-0.39, 0.29) is 5.91 Å². The molecule has 5 nitrogen and oxygen atoms in total. The van der Waals surface area contributed by atoms with E-state index in [4.69, 9.17) is 0 Å². The first-order valence-corrected chi connectivity index (χ1v) is 7.08. The quantitative estimate of drug-likeness (QED) is 0.886. The largest absolute Gasteiger partial charge is 0.313 e. The molecule has 1 aromatic rings. The second-order valence-electron chi connectivity index (χ2n) is 3.68.